The number of amides is 1. The van der Waals surface area contributed by atoms with Gasteiger partial charge in [0.15, 0.2) is 0 Å². The van der Waals surface area contributed by atoms with Gasteiger partial charge in [-0.2, -0.15) is 0 Å². The molecule has 0 unspecified atom stereocenters. The lowest BCUT2D eigenvalue weighted by Crippen LogP contribution is -2.10. The standard InChI is InChI=1S/C16H16ClN3O2/c1-20(2)15-8-6-12(7-9-15)11-18-22-16(21)19-14-5-3-4-13(17)10-14/h3-11H,1-2H3,(H,19,21)/b18-11+. The van der Waals surface area contributed by atoms with Crippen molar-refractivity contribution in [2.45, 2.75) is 0 Å². The number of benzene rings is 2. The van der Waals surface area contributed by atoms with Gasteiger partial charge in [0.25, 0.3) is 0 Å². The molecule has 1 N–H and O–H groups in total. The fraction of sp³-hybridized carbons (Fsp3) is 0.125. The van der Waals surface area contributed by atoms with Crippen molar-refractivity contribution in [2.24, 2.45) is 5.16 Å². The highest BCUT2D eigenvalue weighted by molar-refractivity contribution is 6.30. The summed E-state index contributed by atoms with van der Waals surface area (Å²) in [4.78, 5) is 18.3. The molecule has 0 aliphatic rings. The first-order chi connectivity index (χ1) is 10.5. The normalized spacial score (nSPS) is 10.5. The Morgan fingerprint density at radius 2 is 1.95 bits per heavy atom. The molecule has 0 aromatic heterocycles. The molecule has 114 valence electrons. The molecule has 5 nitrogen and oxygen atoms in total. The predicted octanol–water partition coefficient (Wildman–Crippen LogP) is 3.99. The lowest BCUT2D eigenvalue weighted by atomic mass is 10.2. The lowest BCUT2D eigenvalue weighted by molar-refractivity contribution is 0.167. The van der Waals surface area contributed by atoms with Gasteiger partial charge in [0.2, 0.25) is 0 Å². The molecule has 2 rings (SSSR count). The predicted molar refractivity (Wildman–Crippen MR) is 89.9 cm³/mol. The van der Waals surface area contributed by atoms with E-state index < -0.39 is 6.09 Å². The number of nitrogens with zero attached hydrogens (tertiary/aromatic N) is 2. The molecular formula is C16H16ClN3O2. The second-order valence-electron chi connectivity index (χ2n) is 4.73. The second-order valence-corrected chi connectivity index (χ2v) is 5.17. The molecule has 6 heteroatoms. The molecule has 0 radical (unpaired) electrons. The number of anilines is 2. The average Bonchev–Trinajstić information content (AvgIpc) is 2.47. The van der Waals surface area contributed by atoms with E-state index in [1.54, 1.807) is 24.3 Å². The molecule has 0 atom stereocenters. The van der Waals surface area contributed by atoms with Crippen molar-refractivity contribution in [3.8, 4) is 0 Å². The van der Waals surface area contributed by atoms with Crippen LogP contribution >= 0.6 is 11.6 Å². The van der Waals surface area contributed by atoms with Crippen molar-refractivity contribution in [1.82, 2.24) is 0 Å². The minimum atomic E-state index is -0.677. The van der Waals surface area contributed by atoms with Crippen LogP contribution in [0.5, 0.6) is 0 Å². The number of carbonyl (C=O) groups excluding carboxylic acids is 1. The Kier molecular flexibility index (Phi) is 5.38. The first-order valence-corrected chi connectivity index (χ1v) is 6.97. The zero-order chi connectivity index (χ0) is 15.9. The van der Waals surface area contributed by atoms with Gasteiger partial charge >= 0.3 is 6.09 Å². The molecule has 0 aliphatic carbocycles. The van der Waals surface area contributed by atoms with Crippen molar-refractivity contribution in [3.63, 3.8) is 0 Å². The Labute approximate surface area is 134 Å². The average molecular weight is 318 g/mol. The van der Waals surface area contributed by atoms with Crippen LogP contribution in [-0.4, -0.2) is 26.4 Å². The maximum atomic E-state index is 11.6. The van der Waals surface area contributed by atoms with Gasteiger partial charge in [-0.05, 0) is 35.9 Å². The van der Waals surface area contributed by atoms with E-state index in [-0.39, 0.29) is 0 Å². The van der Waals surface area contributed by atoms with Crippen LogP contribution in [0.1, 0.15) is 5.56 Å². The summed E-state index contributed by atoms with van der Waals surface area (Å²) >= 11 is 5.82. The van der Waals surface area contributed by atoms with Crippen molar-refractivity contribution in [3.05, 3.63) is 59.1 Å². The number of oxime groups is 1. The first kappa shape index (κ1) is 15.9. The van der Waals surface area contributed by atoms with E-state index in [2.05, 4.69) is 10.5 Å². The largest absolute Gasteiger partial charge is 0.437 e. The summed E-state index contributed by atoms with van der Waals surface area (Å²) in [7, 11) is 3.93. The zero-order valence-electron chi connectivity index (χ0n) is 12.3. The van der Waals surface area contributed by atoms with Crippen LogP contribution in [0.2, 0.25) is 5.02 Å². The maximum Gasteiger partial charge on any atom is 0.437 e. The molecular weight excluding hydrogens is 302 g/mol. The van der Waals surface area contributed by atoms with Crippen molar-refractivity contribution < 1.29 is 9.63 Å². The van der Waals surface area contributed by atoms with E-state index in [0.717, 1.165) is 11.3 Å². The van der Waals surface area contributed by atoms with Gasteiger partial charge in [0, 0.05) is 30.5 Å². The van der Waals surface area contributed by atoms with Crippen LogP contribution < -0.4 is 10.2 Å². The molecule has 0 bridgehead atoms. The Balaban J connectivity index is 1.87. The van der Waals surface area contributed by atoms with Crippen LogP contribution in [0.3, 0.4) is 0 Å². The van der Waals surface area contributed by atoms with Crippen molar-refractivity contribution in [2.75, 3.05) is 24.3 Å². The minimum Gasteiger partial charge on any atom is -0.378 e. The van der Waals surface area contributed by atoms with E-state index in [4.69, 9.17) is 16.4 Å². The molecule has 0 saturated carbocycles. The van der Waals surface area contributed by atoms with Gasteiger partial charge in [-0.15, -0.1) is 0 Å². The highest BCUT2D eigenvalue weighted by Gasteiger charge is 2.02. The Morgan fingerprint density at radius 3 is 2.59 bits per heavy atom. The topological polar surface area (TPSA) is 53.9 Å². The Morgan fingerprint density at radius 1 is 1.23 bits per heavy atom. The third kappa shape index (κ3) is 4.79. The van der Waals surface area contributed by atoms with Crippen LogP contribution in [-0.2, 0) is 4.84 Å². The third-order valence-electron chi connectivity index (χ3n) is 2.82. The fourth-order valence-corrected chi connectivity index (χ4v) is 1.89. The maximum absolute atomic E-state index is 11.6. The lowest BCUT2D eigenvalue weighted by Gasteiger charge is -2.11. The summed E-state index contributed by atoms with van der Waals surface area (Å²) in [5.74, 6) is 0. The number of hydrogen-bond donors (Lipinski definition) is 1. The second kappa shape index (κ2) is 7.47. The van der Waals surface area contributed by atoms with Crippen molar-refractivity contribution >= 4 is 35.3 Å². The number of halogens is 1. The summed E-state index contributed by atoms with van der Waals surface area (Å²) in [6.07, 6.45) is 0.792. The highest BCUT2D eigenvalue weighted by Crippen LogP contribution is 2.15. The van der Waals surface area contributed by atoms with Gasteiger partial charge in [-0.1, -0.05) is 35.0 Å². The fourth-order valence-electron chi connectivity index (χ4n) is 1.70. The summed E-state index contributed by atoms with van der Waals surface area (Å²) < 4.78 is 0. The van der Waals surface area contributed by atoms with Crippen LogP contribution in [0.15, 0.2) is 53.7 Å². The molecule has 2 aromatic carbocycles. The quantitative estimate of drug-likeness (QED) is 0.527. The van der Waals surface area contributed by atoms with Crippen LogP contribution in [0, 0.1) is 0 Å². The van der Waals surface area contributed by atoms with Gasteiger partial charge < -0.3 is 4.90 Å². The Bertz CT molecular complexity index is 669. The SMILES string of the molecule is CN(C)c1ccc(/C=N/OC(=O)Nc2cccc(Cl)c2)cc1. The van der Waals surface area contributed by atoms with Gasteiger partial charge in [-0.3, -0.25) is 10.2 Å². The Hall–Kier alpha value is -2.53. The van der Waals surface area contributed by atoms with E-state index in [1.165, 1.54) is 6.21 Å². The molecule has 1 amide bonds. The molecule has 2 aromatic rings. The van der Waals surface area contributed by atoms with Crippen LogP contribution in [0.4, 0.5) is 16.2 Å². The molecule has 0 fully saturated rings. The van der Waals surface area contributed by atoms with Crippen molar-refractivity contribution in [1.29, 1.82) is 0 Å². The number of hydrogen-bond acceptors (Lipinski definition) is 4. The molecule has 0 heterocycles. The summed E-state index contributed by atoms with van der Waals surface area (Å²) in [6.45, 7) is 0. The van der Waals surface area contributed by atoms with E-state index in [1.807, 2.05) is 43.3 Å². The molecule has 0 spiro atoms. The number of rotatable bonds is 4. The highest BCUT2D eigenvalue weighted by atomic mass is 35.5. The smallest absolute Gasteiger partial charge is 0.378 e. The monoisotopic (exact) mass is 317 g/mol. The minimum absolute atomic E-state index is 0.530. The first-order valence-electron chi connectivity index (χ1n) is 6.59. The number of carbonyl (C=O) groups is 1. The van der Waals surface area contributed by atoms with Gasteiger partial charge in [0.05, 0.1) is 6.21 Å². The van der Waals surface area contributed by atoms with E-state index >= 15 is 0 Å². The zero-order valence-corrected chi connectivity index (χ0v) is 13.0. The molecule has 0 saturated heterocycles. The summed E-state index contributed by atoms with van der Waals surface area (Å²) in [6, 6.07) is 14.4. The van der Waals surface area contributed by atoms with Gasteiger partial charge in [0.1, 0.15) is 0 Å². The van der Waals surface area contributed by atoms with Crippen LogP contribution in [0.25, 0.3) is 0 Å². The third-order valence-corrected chi connectivity index (χ3v) is 3.05. The summed E-state index contributed by atoms with van der Waals surface area (Å²) in [5, 5.41) is 6.71. The van der Waals surface area contributed by atoms with E-state index in [9.17, 15) is 4.79 Å². The molecule has 0 aliphatic heterocycles. The van der Waals surface area contributed by atoms with Gasteiger partial charge in [-0.25, -0.2) is 4.79 Å². The van der Waals surface area contributed by atoms with E-state index in [0.29, 0.717) is 10.7 Å². The summed E-state index contributed by atoms with van der Waals surface area (Å²) in [5.41, 5.74) is 2.46. The number of nitrogens with one attached hydrogen (secondary N) is 1. The molecule has 22 heavy (non-hydrogen) atoms.